The van der Waals surface area contributed by atoms with Crippen LogP contribution in [0, 0.1) is 0 Å². The Bertz CT molecular complexity index is 329. The third-order valence-electron chi connectivity index (χ3n) is 3.85. The number of rotatable bonds is 5. The van der Waals surface area contributed by atoms with Crippen LogP contribution in [-0.2, 0) is 9.47 Å². The van der Waals surface area contributed by atoms with Crippen molar-refractivity contribution in [3.8, 4) is 0 Å². The lowest BCUT2D eigenvalue weighted by Gasteiger charge is -2.28. The number of ether oxygens (including phenoxy) is 2. The van der Waals surface area contributed by atoms with Crippen LogP contribution in [0.4, 0.5) is 4.79 Å². The summed E-state index contributed by atoms with van der Waals surface area (Å²) in [7, 11) is 0. The van der Waals surface area contributed by atoms with E-state index in [2.05, 4.69) is 5.32 Å². The Balaban J connectivity index is 1.73. The van der Waals surface area contributed by atoms with Crippen LogP contribution in [0.1, 0.15) is 52.9 Å². The first kappa shape index (κ1) is 16.6. The van der Waals surface area contributed by atoms with E-state index in [-0.39, 0.29) is 6.09 Å². The highest BCUT2D eigenvalue weighted by atomic mass is 16.6. The highest BCUT2D eigenvalue weighted by Crippen LogP contribution is 2.28. The summed E-state index contributed by atoms with van der Waals surface area (Å²) in [5.74, 6) is 0. The molecule has 1 N–H and O–H groups in total. The summed E-state index contributed by atoms with van der Waals surface area (Å²) >= 11 is 0. The van der Waals surface area contributed by atoms with Crippen molar-refractivity contribution >= 4 is 6.09 Å². The molecule has 5 heteroatoms. The predicted octanol–water partition coefficient (Wildman–Crippen LogP) is 2.54. The van der Waals surface area contributed by atoms with E-state index in [9.17, 15) is 4.79 Å². The summed E-state index contributed by atoms with van der Waals surface area (Å²) in [5, 5.41) is 3.56. The lowest BCUT2D eigenvalue weighted by atomic mass is 10.1. The Morgan fingerprint density at radius 2 is 2.00 bits per heavy atom. The van der Waals surface area contributed by atoms with E-state index < -0.39 is 5.60 Å². The number of nitrogens with zero attached hydrogens (tertiary/aromatic N) is 1. The summed E-state index contributed by atoms with van der Waals surface area (Å²) in [6, 6.07) is 0.909. The number of carbonyl (C=O) groups excluding carboxylic acids is 1. The molecule has 0 spiro atoms. The molecule has 1 saturated carbocycles. The van der Waals surface area contributed by atoms with Gasteiger partial charge in [-0.2, -0.15) is 0 Å². The average Bonchev–Trinajstić information content (AvgIpc) is 3.19. The second-order valence-electron chi connectivity index (χ2n) is 7.10. The van der Waals surface area contributed by atoms with Gasteiger partial charge in [-0.15, -0.1) is 0 Å². The largest absolute Gasteiger partial charge is 0.444 e. The van der Waals surface area contributed by atoms with E-state index in [4.69, 9.17) is 9.47 Å². The first-order valence-corrected chi connectivity index (χ1v) is 8.26. The Morgan fingerprint density at radius 3 is 2.67 bits per heavy atom. The predicted molar refractivity (Wildman–Crippen MR) is 82.4 cm³/mol. The molecule has 1 atom stereocenters. The van der Waals surface area contributed by atoms with E-state index in [1.807, 2.05) is 25.7 Å². The van der Waals surface area contributed by atoms with Gasteiger partial charge in [-0.25, -0.2) is 4.79 Å². The summed E-state index contributed by atoms with van der Waals surface area (Å²) in [4.78, 5) is 14.1. The van der Waals surface area contributed by atoms with Gasteiger partial charge in [0.1, 0.15) is 5.60 Å². The molecule has 0 aromatic carbocycles. The lowest BCUT2D eigenvalue weighted by molar-refractivity contribution is 0.0234. The zero-order chi connectivity index (χ0) is 15.3. The number of amides is 1. The van der Waals surface area contributed by atoms with Gasteiger partial charge in [-0.3, -0.25) is 0 Å². The fourth-order valence-electron chi connectivity index (χ4n) is 2.63. The summed E-state index contributed by atoms with van der Waals surface area (Å²) in [5.41, 5.74) is -0.420. The van der Waals surface area contributed by atoms with Crippen LogP contribution in [0.5, 0.6) is 0 Å². The maximum Gasteiger partial charge on any atom is 0.410 e. The highest BCUT2D eigenvalue weighted by molar-refractivity contribution is 5.69. The third-order valence-corrected chi connectivity index (χ3v) is 3.85. The molecular weight excluding hydrogens is 268 g/mol. The van der Waals surface area contributed by atoms with Gasteiger partial charge in [0.15, 0.2) is 0 Å². The van der Waals surface area contributed by atoms with Gasteiger partial charge < -0.3 is 19.7 Å². The van der Waals surface area contributed by atoms with Crippen molar-refractivity contribution in [2.45, 2.75) is 70.6 Å². The second-order valence-corrected chi connectivity index (χ2v) is 7.10. The standard InChI is InChI=1S/C16H30N2O3/c1-16(2,3)21-15(19)18(14-6-7-14)10-9-17-13-5-4-11-20-12-8-13/h13-14,17H,4-12H2,1-3H3. The number of hydrogen-bond donors (Lipinski definition) is 1. The first-order valence-electron chi connectivity index (χ1n) is 8.26. The molecule has 0 aromatic rings. The van der Waals surface area contributed by atoms with Gasteiger partial charge in [0.2, 0.25) is 0 Å². The number of hydrogen-bond acceptors (Lipinski definition) is 4. The van der Waals surface area contributed by atoms with Gasteiger partial charge in [0.05, 0.1) is 0 Å². The smallest absolute Gasteiger partial charge is 0.410 e. The fourth-order valence-corrected chi connectivity index (χ4v) is 2.63. The van der Waals surface area contributed by atoms with Crippen molar-refractivity contribution in [2.75, 3.05) is 26.3 Å². The van der Waals surface area contributed by atoms with E-state index >= 15 is 0 Å². The molecule has 1 saturated heterocycles. The molecule has 1 aliphatic heterocycles. The quantitative estimate of drug-likeness (QED) is 0.847. The molecule has 0 radical (unpaired) electrons. The number of nitrogens with one attached hydrogen (secondary N) is 1. The maximum atomic E-state index is 12.2. The molecule has 1 unspecified atom stereocenters. The molecule has 1 heterocycles. The van der Waals surface area contributed by atoms with Gasteiger partial charge in [-0.1, -0.05) is 0 Å². The molecule has 2 aliphatic rings. The molecule has 2 rings (SSSR count). The zero-order valence-electron chi connectivity index (χ0n) is 13.7. The molecule has 5 nitrogen and oxygen atoms in total. The van der Waals surface area contributed by atoms with Crippen LogP contribution in [0.15, 0.2) is 0 Å². The SMILES string of the molecule is CC(C)(C)OC(=O)N(CCNC1CCCOCC1)C1CC1. The average molecular weight is 298 g/mol. The van der Waals surface area contributed by atoms with Crippen molar-refractivity contribution in [2.24, 2.45) is 0 Å². The van der Waals surface area contributed by atoms with E-state index in [1.165, 1.54) is 0 Å². The van der Waals surface area contributed by atoms with Crippen LogP contribution in [0.3, 0.4) is 0 Å². The van der Waals surface area contributed by atoms with Gasteiger partial charge >= 0.3 is 6.09 Å². The van der Waals surface area contributed by atoms with Crippen molar-refractivity contribution in [1.82, 2.24) is 10.2 Å². The molecule has 0 bridgehead atoms. The van der Waals surface area contributed by atoms with Crippen molar-refractivity contribution < 1.29 is 14.3 Å². The third kappa shape index (κ3) is 6.22. The van der Waals surface area contributed by atoms with Crippen molar-refractivity contribution in [3.63, 3.8) is 0 Å². The minimum absolute atomic E-state index is 0.170. The monoisotopic (exact) mass is 298 g/mol. The van der Waals surface area contributed by atoms with Crippen molar-refractivity contribution in [1.29, 1.82) is 0 Å². The normalized spacial score (nSPS) is 23.5. The van der Waals surface area contributed by atoms with Gasteiger partial charge in [-0.05, 0) is 52.9 Å². The second kappa shape index (κ2) is 7.45. The topological polar surface area (TPSA) is 50.8 Å². The minimum atomic E-state index is -0.420. The molecule has 0 aromatic heterocycles. The van der Waals surface area contributed by atoms with E-state index in [0.29, 0.717) is 12.1 Å². The summed E-state index contributed by atoms with van der Waals surface area (Å²) < 4.78 is 11.0. The minimum Gasteiger partial charge on any atom is -0.444 e. The molecule has 1 aliphatic carbocycles. The molecule has 1 amide bonds. The molecule has 21 heavy (non-hydrogen) atoms. The molecular formula is C16H30N2O3. The van der Waals surface area contributed by atoms with Crippen LogP contribution in [0.2, 0.25) is 0 Å². The molecule has 2 fully saturated rings. The van der Waals surface area contributed by atoms with Crippen molar-refractivity contribution in [3.05, 3.63) is 0 Å². The Kier molecular flexibility index (Phi) is 5.88. The summed E-state index contributed by atoms with van der Waals surface area (Å²) in [6.07, 6.45) is 5.39. The lowest BCUT2D eigenvalue weighted by Crippen LogP contribution is -2.43. The maximum absolute atomic E-state index is 12.2. The van der Waals surface area contributed by atoms with Gasteiger partial charge in [0, 0.05) is 38.4 Å². The van der Waals surface area contributed by atoms with Gasteiger partial charge in [0.25, 0.3) is 0 Å². The Labute approximate surface area is 128 Å². The van der Waals surface area contributed by atoms with Crippen LogP contribution in [0.25, 0.3) is 0 Å². The summed E-state index contributed by atoms with van der Waals surface area (Å²) in [6.45, 7) is 9.04. The van der Waals surface area contributed by atoms with E-state index in [1.54, 1.807) is 0 Å². The van der Waals surface area contributed by atoms with Crippen LogP contribution >= 0.6 is 0 Å². The van der Waals surface area contributed by atoms with Crippen LogP contribution < -0.4 is 5.32 Å². The first-order chi connectivity index (χ1) is 9.96. The number of carbonyl (C=O) groups is 1. The van der Waals surface area contributed by atoms with Crippen LogP contribution in [-0.4, -0.2) is 55.0 Å². The van der Waals surface area contributed by atoms with E-state index in [0.717, 1.165) is 58.4 Å². The fraction of sp³-hybridized carbons (Fsp3) is 0.938. The molecule has 122 valence electrons. The Hall–Kier alpha value is -0.810. The highest BCUT2D eigenvalue weighted by Gasteiger charge is 2.34. The zero-order valence-corrected chi connectivity index (χ0v) is 13.7. The Morgan fingerprint density at radius 1 is 1.24 bits per heavy atom.